The second-order valence-electron chi connectivity index (χ2n) is 4.91. The smallest absolute Gasteiger partial charge is 0.236 e. The fourth-order valence-corrected chi connectivity index (χ4v) is 3.77. The number of rotatable bonds is 7. The third-order valence-corrected chi connectivity index (χ3v) is 5.26. The highest BCUT2D eigenvalue weighted by Gasteiger charge is 2.17. The molecule has 26 heavy (non-hydrogen) atoms. The Labute approximate surface area is 167 Å². The zero-order valence-electron chi connectivity index (χ0n) is 13.2. The summed E-state index contributed by atoms with van der Waals surface area (Å²) in [5.41, 5.74) is 2.25. The summed E-state index contributed by atoms with van der Waals surface area (Å²) in [6, 6.07) is 5.16. The molecule has 1 amide bonds. The van der Waals surface area contributed by atoms with Crippen LogP contribution in [0.25, 0.3) is 11.4 Å². The molecular weight excluding hydrogens is 415 g/mol. The van der Waals surface area contributed by atoms with Gasteiger partial charge in [0, 0.05) is 17.1 Å². The molecule has 3 rings (SSSR count). The van der Waals surface area contributed by atoms with Crippen LogP contribution in [0, 0.1) is 0 Å². The molecule has 7 nitrogen and oxygen atoms in total. The van der Waals surface area contributed by atoms with Crippen molar-refractivity contribution in [3.63, 3.8) is 0 Å². The first-order chi connectivity index (χ1) is 12.6. The van der Waals surface area contributed by atoms with Crippen LogP contribution in [0.2, 0.25) is 10.0 Å². The second kappa shape index (κ2) is 8.63. The molecule has 1 N–H and O–H groups in total. The molecule has 0 saturated heterocycles. The molecule has 0 atom stereocenters. The molecule has 0 radical (unpaired) electrons. The first-order valence-electron chi connectivity index (χ1n) is 7.27. The highest BCUT2D eigenvalue weighted by molar-refractivity contribution is 7.99. The minimum Gasteiger partial charge on any atom is -0.300 e. The molecule has 0 aliphatic heterocycles. The van der Waals surface area contributed by atoms with E-state index in [1.807, 2.05) is 4.57 Å². The fraction of sp³-hybridized carbons (Fsp3) is 0.133. The van der Waals surface area contributed by atoms with Gasteiger partial charge in [-0.15, -0.1) is 27.0 Å². The molecule has 0 saturated carbocycles. The van der Waals surface area contributed by atoms with Gasteiger partial charge in [-0.25, -0.2) is 0 Å². The Balaban J connectivity index is 1.78. The van der Waals surface area contributed by atoms with Gasteiger partial charge >= 0.3 is 0 Å². The van der Waals surface area contributed by atoms with E-state index >= 15 is 0 Å². The molecule has 0 fully saturated rings. The minimum atomic E-state index is -0.203. The van der Waals surface area contributed by atoms with Gasteiger partial charge in [0.25, 0.3) is 0 Å². The number of nitrogens with one attached hydrogen (secondary N) is 1. The van der Waals surface area contributed by atoms with Crippen LogP contribution in [0.3, 0.4) is 0 Å². The van der Waals surface area contributed by atoms with Gasteiger partial charge in [0.05, 0.1) is 10.8 Å². The number of thioether (sulfide) groups is 1. The van der Waals surface area contributed by atoms with E-state index in [0.717, 1.165) is 0 Å². The van der Waals surface area contributed by atoms with Gasteiger partial charge in [-0.05, 0) is 18.2 Å². The molecule has 0 bridgehead atoms. The van der Waals surface area contributed by atoms with Crippen LogP contribution in [-0.2, 0) is 11.3 Å². The van der Waals surface area contributed by atoms with Crippen LogP contribution in [-0.4, -0.2) is 36.6 Å². The molecule has 0 aliphatic carbocycles. The summed E-state index contributed by atoms with van der Waals surface area (Å²) in [5, 5.41) is 20.6. The Bertz CT molecular complexity index is 928. The molecule has 0 aliphatic rings. The van der Waals surface area contributed by atoms with Crippen molar-refractivity contribution in [2.75, 3.05) is 11.1 Å². The van der Waals surface area contributed by atoms with E-state index in [9.17, 15) is 4.79 Å². The number of carbonyl (C=O) groups is 1. The molecule has 0 spiro atoms. The lowest BCUT2D eigenvalue weighted by molar-refractivity contribution is -0.113. The number of hydrogen-bond acceptors (Lipinski definition) is 7. The summed E-state index contributed by atoms with van der Waals surface area (Å²) in [4.78, 5) is 12.0. The van der Waals surface area contributed by atoms with E-state index < -0.39 is 0 Å². The van der Waals surface area contributed by atoms with E-state index in [4.69, 9.17) is 23.2 Å². The minimum absolute atomic E-state index is 0.156. The van der Waals surface area contributed by atoms with Crippen LogP contribution < -0.4 is 5.32 Å². The Kier molecular flexibility index (Phi) is 6.25. The molecule has 0 unspecified atom stereocenters. The number of carbonyl (C=O) groups excluding carboxylic acids is 1. The SMILES string of the molecule is C=CCn1c(SCC(=O)Nc2nncs2)nnc1-c1ccc(Cl)cc1Cl. The Morgan fingerprint density at radius 3 is 2.88 bits per heavy atom. The molecule has 2 aromatic heterocycles. The number of hydrogen-bond donors (Lipinski definition) is 1. The molecular formula is C15H12Cl2N6OS2. The summed E-state index contributed by atoms with van der Waals surface area (Å²) in [5.74, 6) is 0.535. The van der Waals surface area contributed by atoms with Crippen molar-refractivity contribution in [3.8, 4) is 11.4 Å². The first kappa shape index (κ1) is 18.8. The van der Waals surface area contributed by atoms with E-state index in [0.29, 0.717) is 38.3 Å². The second-order valence-corrected chi connectivity index (χ2v) is 7.53. The van der Waals surface area contributed by atoms with Gasteiger partial charge in [0.1, 0.15) is 5.51 Å². The normalized spacial score (nSPS) is 10.7. The van der Waals surface area contributed by atoms with Gasteiger partial charge in [0.15, 0.2) is 11.0 Å². The lowest BCUT2D eigenvalue weighted by Crippen LogP contribution is -2.14. The topological polar surface area (TPSA) is 85.6 Å². The summed E-state index contributed by atoms with van der Waals surface area (Å²) in [6.07, 6.45) is 1.72. The molecule has 134 valence electrons. The Hall–Kier alpha value is -1.94. The summed E-state index contributed by atoms with van der Waals surface area (Å²) in [7, 11) is 0. The van der Waals surface area contributed by atoms with Gasteiger partial charge < -0.3 is 0 Å². The highest BCUT2D eigenvalue weighted by atomic mass is 35.5. The number of amides is 1. The van der Waals surface area contributed by atoms with E-state index in [1.54, 1.807) is 29.8 Å². The Morgan fingerprint density at radius 2 is 2.19 bits per heavy atom. The standard InChI is InChI=1S/C15H12Cl2N6OS2/c1-2-5-23-13(10-4-3-9(16)6-11(10)17)20-22-15(23)25-7-12(24)19-14-21-18-8-26-14/h2-4,6,8H,1,5,7H2,(H,19,21,24). The monoisotopic (exact) mass is 426 g/mol. The molecule has 3 aromatic rings. The maximum atomic E-state index is 12.0. The zero-order valence-corrected chi connectivity index (χ0v) is 16.4. The number of benzene rings is 1. The largest absolute Gasteiger partial charge is 0.300 e. The predicted octanol–water partition coefficient (Wildman–Crippen LogP) is 4.02. The van der Waals surface area contributed by atoms with Crippen molar-refractivity contribution in [1.82, 2.24) is 25.0 Å². The fourth-order valence-electron chi connectivity index (χ4n) is 2.07. The summed E-state index contributed by atoms with van der Waals surface area (Å²) in [6.45, 7) is 4.23. The van der Waals surface area contributed by atoms with E-state index in [-0.39, 0.29) is 11.7 Å². The van der Waals surface area contributed by atoms with Crippen molar-refractivity contribution in [2.24, 2.45) is 0 Å². The molecule has 11 heteroatoms. The maximum absolute atomic E-state index is 12.0. The predicted molar refractivity (Wildman–Crippen MR) is 105 cm³/mol. The zero-order chi connectivity index (χ0) is 18.5. The van der Waals surface area contributed by atoms with Gasteiger partial charge in [0.2, 0.25) is 11.0 Å². The average Bonchev–Trinajstić information content (AvgIpc) is 3.24. The summed E-state index contributed by atoms with van der Waals surface area (Å²) < 4.78 is 1.84. The average molecular weight is 427 g/mol. The van der Waals surface area contributed by atoms with Crippen LogP contribution in [0.5, 0.6) is 0 Å². The number of anilines is 1. The maximum Gasteiger partial charge on any atom is 0.236 e. The highest BCUT2D eigenvalue weighted by Crippen LogP contribution is 2.31. The first-order valence-corrected chi connectivity index (χ1v) is 9.89. The third kappa shape index (κ3) is 4.42. The van der Waals surface area contributed by atoms with Crippen molar-refractivity contribution >= 4 is 57.3 Å². The van der Waals surface area contributed by atoms with Crippen molar-refractivity contribution in [2.45, 2.75) is 11.7 Å². The van der Waals surface area contributed by atoms with Crippen molar-refractivity contribution in [3.05, 3.63) is 46.4 Å². The quantitative estimate of drug-likeness (QED) is 0.453. The number of nitrogens with zero attached hydrogens (tertiary/aromatic N) is 5. The van der Waals surface area contributed by atoms with Gasteiger partial charge in [-0.3, -0.25) is 14.7 Å². The van der Waals surface area contributed by atoms with E-state index in [1.165, 1.54) is 23.1 Å². The van der Waals surface area contributed by atoms with Crippen molar-refractivity contribution in [1.29, 1.82) is 0 Å². The van der Waals surface area contributed by atoms with Crippen LogP contribution >= 0.6 is 46.3 Å². The number of halogens is 2. The Morgan fingerprint density at radius 1 is 1.35 bits per heavy atom. The molecule has 2 heterocycles. The third-order valence-electron chi connectivity index (χ3n) is 3.14. The van der Waals surface area contributed by atoms with Gasteiger partial charge in [-0.2, -0.15) is 0 Å². The lowest BCUT2D eigenvalue weighted by atomic mass is 10.2. The lowest BCUT2D eigenvalue weighted by Gasteiger charge is -2.09. The van der Waals surface area contributed by atoms with Crippen molar-refractivity contribution < 1.29 is 4.79 Å². The number of allylic oxidation sites excluding steroid dienone is 1. The van der Waals surface area contributed by atoms with Crippen LogP contribution in [0.15, 0.2) is 41.5 Å². The van der Waals surface area contributed by atoms with Crippen LogP contribution in [0.1, 0.15) is 0 Å². The molecule has 1 aromatic carbocycles. The van der Waals surface area contributed by atoms with Crippen LogP contribution in [0.4, 0.5) is 5.13 Å². The summed E-state index contributed by atoms with van der Waals surface area (Å²) >= 11 is 14.7. The number of aromatic nitrogens is 5. The van der Waals surface area contributed by atoms with E-state index in [2.05, 4.69) is 32.3 Å². The van der Waals surface area contributed by atoms with Gasteiger partial charge in [-0.1, -0.05) is 52.4 Å².